The summed E-state index contributed by atoms with van der Waals surface area (Å²) in [6.45, 7) is 4.37. The summed E-state index contributed by atoms with van der Waals surface area (Å²) in [6.07, 6.45) is 1.05. The van der Waals surface area contributed by atoms with Crippen LogP contribution in [0.15, 0.2) is 18.2 Å². The summed E-state index contributed by atoms with van der Waals surface area (Å²) in [7, 11) is 0. The van der Waals surface area contributed by atoms with Gasteiger partial charge in [-0.05, 0) is 37.9 Å². The number of esters is 1. The van der Waals surface area contributed by atoms with E-state index >= 15 is 0 Å². The molecule has 0 atom stereocenters. The van der Waals surface area contributed by atoms with Crippen molar-refractivity contribution in [3.8, 4) is 5.75 Å². The molecule has 4 heteroatoms. The van der Waals surface area contributed by atoms with Gasteiger partial charge in [0.1, 0.15) is 5.75 Å². The van der Waals surface area contributed by atoms with Crippen LogP contribution in [-0.4, -0.2) is 12.5 Å². The van der Waals surface area contributed by atoms with Gasteiger partial charge >= 0.3 is 5.97 Å². The van der Waals surface area contributed by atoms with Crippen LogP contribution >= 0.6 is 12.4 Å². The third kappa shape index (κ3) is 4.21. The minimum absolute atomic E-state index is 0. The summed E-state index contributed by atoms with van der Waals surface area (Å²) in [5.41, 5.74) is 7.29. The molecule has 0 fully saturated rings. The van der Waals surface area contributed by atoms with Gasteiger partial charge in [-0.3, -0.25) is 4.79 Å². The summed E-state index contributed by atoms with van der Waals surface area (Å²) < 4.78 is 5.28. The van der Waals surface area contributed by atoms with E-state index in [0.717, 1.165) is 11.1 Å². The van der Waals surface area contributed by atoms with Crippen molar-refractivity contribution >= 4 is 18.4 Å². The lowest BCUT2D eigenvalue weighted by atomic mass is 10.1. The predicted octanol–water partition coefficient (Wildman–Crippen LogP) is 2.37. The quantitative estimate of drug-likeness (QED) is 0.653. The Morgan fingerprint density at radius 1 is 1.31 bits per heavy atom. The van der Waals surface area contributed by atoms with Crippen molar-refractivity contribution in [2.45, 2.75) is 26.7 Å². The van der Waals surface area contributed by atoms with Gasteiger partial charge in [0.2, 0.25) is 0 Å². The molecule has 0 aliphatic heterocycles. The number of aryl methyl sites for hydroxylation is 2. The average molecular weight is 244 g/mol. The van der Waals surface area contributed by atoms with E-state index in [2.05, 4.69) is 0 Å². The Morgan fingerprint density at radius 3 is 2.38 bits per heavy atom. The number of ether oxygens (including phenoxy) is 1. The van der Waals surface area contributed by atoms with E-state index in [-0.39, 0.29) is 18.4 Å². The van der Waals surface area contributed by atoms with E-state index in [1.54, 1.807) is 0 Å². The third-order valence-electron chi connectivity index (χ3n) is 2.21. The van der Waals surface area contributed by atoms with Crippen molar-refractivity contribution in [3.63, 3.8) is 0 Å². The molecule has 16 heavy (non-hydrogen) atoms. The molecule has 0 bridgehead atoms. The molecular formula is C12H18ClNO2. The van der Waals surface area contributed by atoms with Crippen LogP contribution in [0.5, 0.6) is 5.75 Å². The van der Waals surface area contributed by atoms with Gasteiger partial charge in [-0.25, -0.2) is 0 Å². The average Bonchev–Trinajstić information content (AvgIpc) is 2.21. The Hall–Kier alpha value is -1.06. The van der Waals surface area contributed by atoms with E-state index in [0.29, 0.717) is 25.1 Å². The molecule has 1 aromatic rings. The summed E-state index contributed by atoms with van der Waals surface area (Å²) in [5, 5.41) is 0. The second-order valence-corrected chi connectivity index (χ2v) is 3.59. The van der Waals surface area contributed by atoms with Crippen LogP contribution in [0.4, 0.5) is 0 Å². The van der Waals surface area contributed by atoms with Gasteiger partial charge < -0.3 is 10.5 Å². The highest BCUT2D eigenvalue weighted by Gasteiger charge is 2.08. The molecule has 0 heterocycles. The lowest BCUT2D eigenvalue weighted by molar-refractivity contribution is -0.134. The van der Waals surface area contributed by atoms with Crippen molar-refractivity contribution < 1.29 is 9.53 Å². The van der Waals surface area contributed by atoms with E-state index in [1.165, 1.54) is 0 Å². The first-order chi connectivity index (χ1) is 7.15. The Morgan fingerprint density at radius 2 is 1.88 bits per heavy atom. The van der Waals surface area contributed by atoms with E-state index in [1.807, 2.05) is 32.0 Å². The fraction of sp³-hybridized carbons (Fsp3) is 0.417. The standard InChI is InChI=1S/C12H17NO2.ClH/c1-9-5-3-6-10(2)12(9)15-11(14)7-4-8-13;/h3,5-6H,4,7-8,13H2,1-2H3;1H. The van der Waals surface area contributed by atoms with Crippen molar-refractivity contribution in [3.05, 3.63) is 29.3 Å². The fourth-order valence-electron chi connectivity index (χ4n) is 1.37. The second-order valence-electron chi connectivity index (χ2n) is 3.59. The van der Waals surface area contributed by atoms with Crippen molar-refractivity contribution in [1.82, 2.24) is 0 Å². The van der Waals surface area contributed by atoms with Gasteiger partial charge in [0.05, 0.1) is 0 Å². The molecule has 2 N–H and O–H groups in total. The fourth-order valence-corrected chi connectivity index (χ4v) is 1.37. The first-order valence-corrected chi connectivity index (χ1v) is 5.12. The van der Waals surface area contributed by atoms with Crippen LogP contribution in [-0.2, 0) is 4.79 Å². The van der Waals surface area contributed by atoms with Crippen LogP contribution in [0.25, 0.3) is 0 Å². The van der Waals surface area contributed by atoms with Gasteiger partial charge in [-0.15, -0.1) is 12.4 Å². The number of carbonyl (C=O) groups excluding carboxylic acids is 1. The van der Waals surface area contributed by atoms with E-state index in [9.17, 15) is 4.79 Å². The van der Waals surface area contributed by atoms with Crippen LogP contribution in [0.2, 0.25) is 0 Å². The molecule has 0 aliphatic carbocycles. The Bertz CT molecular complexity index is 333. The number of nitrogens with two attached hydrogens (primary N) is 1. The molecule has 0 aromatic heterocycles. The third-order valence-corrected chi connectivity index (χ3v) is 2.21. The molecule has 3 nitrogen and oxygen atoms in total. The molecule has 0 radical (unpaired) electrons. The molecule has 0 aliphatic rings. The zero-order valence-corrected chi connectivity index (χ0v) is 10.5. The number of rotatable bonds is 4. The smallest absolute Gasteiger partial charge is 0.311 e. The molecule has 1 aromatic carbocycles. The molecule has 0 unspecified atom stereocenters. The molecule has 90 valence electrons. The van der Waals surface area contributed by atoms with Crippen LogP contribution in [0, 0.1) is 13.8 Å². The first-order valence-electron chi connectivity index (χ1n) is 5.12. The Labute approximate surface area is 102 Å². The van der Waals surface area contributed by atoms with Crippen LogP contribution in [0.1, 0.15) is 24.0 Å². The molecular weight excluding hydrogens is 226 g/mol. The molecule has 0 amide bonds. The number of carbonyl (C=O) groups is 1. The first kappa shape index (κ1) is 14.9. The highest BCUT2D eigenvalue weighted by Crippen LogP contribution is 2.22. The second kappa shape index (κ2) is 7.25. The maximum absolute atomic E-state index is 11.4. The Balaban J connectivity index is 0.00000225. The summed E-state index contributed by atoms with van der Waals surface area (Å²) in [6, 6.07) is 5.80. The zero-order valence-electron chi connectivity index (χ0n) is 9.66. The van der Waals surface area contributed by atoms with Crippen molar-refractivity contribution in [2.24, 2.45) is 5.73 Å². The normalized spacial score (nSPS) is 9.44. The minimum Gasteiger partial charge on any atom is -0.426 e. The molecule has 0 saturated carbocycles. The number of benzene rings is 1. The lowest BCUT2D eigenvalue weighted by Gasteiger charge is -2.09. The topological polar surface area (TPSA) is 52.3 Å². The number of hydrogen-bond acceptors (Lipinski definition) is 3. The maximum atomic E-state index is 11.4. The minimum atomic E-state index is -0.210. The van der Waals surface area contributed by atoms with Gasteiger partial charge in [0.15, 0.2) is 0 Å². The highest BCUT2D eigenvalue weighted by atomic mass is 35.5. The molecule has 0 spiro atoms. The van der Waals surface area contributed by atoms with Crippen molar-refractivity contribution in [2.75, 3.05) is 6.54 Å². The van der Waals surface area contributed by atoms with Gasteiger partial charge in [0.25, 0.3) is 0 Å². The summed E-state index contributed by atoms with van der Waals surface area (Å²) in [5.74, 6) is 0.470. The van der Waals surface area contributed by atoms with Gasteiger partial charge in [-0.2, -0.15) is 0 Å². The van der Waals surface area contributed by atoms with Gasteiger partial charge in [-0.1, -0.05) is 18.2 Å². The summed E-state index contributed by atoms with van der Waals surface area (Å²) >= 11 is 0. The monoisotopic (exact) mass is 243 g/mol. The number of para-hydroxylation sites is 1. The van der Waals surface area contributed by atoms with Crippen LogP contribution < -0.4 is 10.5 Å². The Kier molecular flexibility index (Phi) is 6.77. The largest absolute Gasteiger partial charge is 0.426 e. The van der Waals surface area contributed by atoms with Crippen LogP contribution in [0.3, 0.4) is 0 Å². The van der Waals surface area contributed by atoms with Gasteiger partial charge in [0, 0.05) is 6.42 Å². The van der Waals surface area contributed by atoms with Crippen molar-refractivity contribution in [1.29, 1.82) is 0 Å². The maximum Gasteiger partial charge on any atom is 0.311 e. The number of halogens is 1. The van der Waals surface area contributed by atoms with E-state index < -0.39 is 0 Å². The summed E-state index contributed by atoms with van der Waals surface area (Å²) in [4.78, 5) is 11.4. The SMILES string of the molecule is Cc1cccc(C)c1OC(=O)CCCN.Cl. The molecule has 0 saturated heterocycles. The highest BCUT2D eigenvalue weighted by molar-refractivity contribution is 5.85. The number of hydrogen-bond donors (Lipinski definition) is 1. The zero-order chi connectivity index (χ0) is 11.3. The molecule has 1 rings (SSSR count). The van der Waals surface area contributed by atoms with E-state index in [4.69, 9.17) is 10.5 Å². The lowest BCUT2D eigenvalue weighted by Crippen LogP contribution is -2.11. The predicted molar refractivity (Wildman–Crippen MR) is 67.1 cm³/mol.